The van der Waals surface area contributed by atoms with Crippen LogP contribution >= 0.6 is 11.3 Å². The van der Waals surface area contributed by atoms with Crippen LogP contribution in [0, 0.1) is 0 Å². The van der Waals surface area contributed by atoms with Gasteiger partial charge in [-0.25, -0.2) is 4.99 Å². The minimum Gasteiger partial charge on any atom is -0.454 e. The Morgan fingerprint density at radius 2 is 1.28 bits per heavy atom. The fraction of sp³-hybridized carbons (Fsp3) is 0. The van der Waals surface area contributed by atoms with Crippen LogP contribution < -0.4 is 5.73 Å². The molecule has 2 N–H and O–H groups in total. The summed E-state index contributed by atoms with van der Waals surface area (Å²) in [7, 11) is 0. The summed E-state index contributed by atoms with van der Waals surface area (Å²) < 4.78 is 11.8. The van der Waals surface area contributed by atoms with Crippen LogP contribution in [0.3, 0.4) is 0 Å². The molecule has 0 aliphatic rings. The number of allylic oxidation sites excluding steroid dienone is 1. The zero-order chi connectivity index (χ0) is 33.2. The van der Waals surface area contributed by atoms with Gasteiger partial charge in [0, 0.05) is 54.3 Å². The Kier molecular flexibility index (Phi) is 6.48. The normalized spacial score (nSPS) is 12.7. The van der Waals surface area contributed by atoms with Crippen molar-refractivity contribution < 1.29 is 4.42 Å². The number of hydrogen-bond donors (Lipinski definition) is 1. The summed E-state index contributed by atoms with van der Waals surface area (Å²) in [6.45, 7) is 0. The Morgan fingerprint density at radius 1 is 0.600 bits per heavy atom. The highest BCUT2D eigenvalue weighted by atomic mass is 32.1. The number of nitrogens with zero attached hydrogens (tertiary/aromatic N) is 2. The number of rotatable bonds is 5. The molecule has 0 radical (unpaired) electrons. The number of aliphatic imine (C=N–C) groups is 1. The Bertz CT molecular complexity index is 2980. The molecule has 0 amide bonds. The molecule has 236 valence electrons. The third-order valence-corrected chi connectivity index (χ3v) is 10.8. The van der Waals surface area contributed by atoms with Crippen LogP contribution in [0.4, 0.5) is 5.69 Å². The lowest BCUT2D eigenvalue weighted by atomic mass is 10.1. The van der Waals surface area contributed by atoms with E-state index >= 15 is 0 Å². The van der Waals surface area contributed by atoms with Gasteiger partial charge in [-0.1, -0.05) is 121 Å². The molecule has 0 aliphatic carbocycles. The van der Waals surface area contributed by atoms with Crippen LogP contribution in [-0.4, -0.2) is 10.3 Å². The number of furan rings is 1. The molecule has 3 aromatic heterocycles. The number of fused-ring (bicyclic) bond motifs is 10. The van der Waals surface area contributed by atoms with Gasteiger partial charge in [0.25, 0.3) is 0 Å². The molecule has 0 bridgehead atoms. The predicted molar refractivity (Wildman–Crippen MR) is 212 cm³/mol. The molecule has 5 heteroatoms. The minimum atomic E-state index is 0.654. The lowest BCUT2D eigenvalue weighted by Gasteiger charge is -2.09. The highest BCUT2D eigenvalue weighted by molar-refractivity contribution is 7.26. The average Bonchev–Trinajstić information content (AvgIpc) is 3.84. The highest BCUT2D eigenvalue weighted by Gasteiger charge is 2.21. The number of hydrogen-bond acceptors (Lipinski definition) is 4. The van der Waals surface area contributed by atoms with E-state index < -0.39 is 0 Å². The molecule has 0 saturated carbocycles. The van der Waals surface area contributed by atoms with Gasteiger partial charge in [-0.2, -0.15) is 0 Å². The topological polar surface area (TPSA) is 56.4 Å². The van der Waals surface area contributed by atoms with Crippen molar-refractivity contribution in [2.45, 2.75) is 0 Å². The number of aromatic nitrogens is 1. The standard InChI is InChI=1S/C45H29N3OS/c46-37(28-12-3-1-4-13-28)27-38(29-14-5-2-6-15-29)47-30-22-23-32-35-18-11-20-40(44(35)49-41(32)26-30)48-39-19-9-7-16-31(39)34-24-25-36-33-17-8-10-21-42(33)50-45(36)43(34)48/h1-27H,46H2/b37-27-,47-38?. The summed E-state index contributed by atoms with van der Waals surface area (Å²) in [5, 5.41) is 7.14. The van der Waals surface area contributed by atoms with Gasteiger partial charge in [-0.15, -0.1) is 11.3 Å². The quantitative estimate of drug-likeness (QED) is 0.187. The molecule has 10 aromatic rings. The lowest BCUT2D eigenvalue weighted by Crippen LogP contribution is -2.03. The van der Waals surface area contributed by atoms with Gasteiger partial charge in [0.1, 0.15) is 5.58 Å². The van der Waals surface area contributed by atoms with Crippen molar-refractivity contribution in [1.82, 2.24) is 4.57 Å². The average molecular weight is 660 g/mol. The van der Waals surface area contributed by atoms with Crippen molar-refractivity contribution in [3.8, 4) is 5.69 Å². The van der Waals surface area contributed by atoms with E-state index in [1.807, 2.05) is 72.0 Å². The smallest absolute Gasteiger partial charge is 0.159 e. The molecular weight excluding hydrogens is 631 g/mol. The number of nitrogens with two attached hydrogens (primary N) is 1. The fourth-order valence-corrected chi connectivity index (χ4v) is 8.53. The predicted octanol–water partition coefficient (Wildman–Crippen LogP) is 12.2. The fourth-order valence-electron chi connectivity index (χ4n) is 7.29. The number of thiophene rings is 1. The molecule has 3 heterocycles. The maximum atomic E-state index is 6.83. The van der Waals surface area contributed by atoms with Crippen LogP contribution in [0.15, 0.2) is 173 Å². The van der Waals surface area contributed by atoms with Gasteiger partial charge in [-0.05, 0) is 42.0 Å². The van der Waals surface area contributed by atoms with Crippen molar-refractivity contribution in [3.05, 3.63) is 175 Å². The zero-order valence-corrected chi connectivity index (χ0v) is 27.7. The van der Waals surface area contributed by atoms with Crippen molar-refractivity contribution in [2.75, 3.05) is 0 Å². The third kappa shape index (κ3) is 4.48. The minimum absolute atomic E-state index is 0.654. The van der Waals surface area contributed by atoms with E-state index in [9.17, 15) is 0 Å². The molecule has 7 aromatic carbocycles. The first-order chi connectivity index (χ1) is 24.7. The van der Waals surface area contributed by atoms with E-state index in [0.29, 0.717) is 5.70 Å². The molecule has 0 saturated heterocycles. The molecule has 0 aliphatic heterocycles. The Labute approximate surface area is 291 Å². The van der Waals surface area contributed by atoms with Crippen LogP contribution in [0.25, 0.3) is 75.3 Å². The van der Waals surface area contributed by atoms with Gasteiger partial charge in [0.15, 0.2) is 5.58 Å². The number of para-hydroxylation sites is 2. The van der Waals surface area contributed by atoms with E-state index in [4.69, 9.17) is 15.1 Å². The van der Waals surface area contributed by atoms with Crippen molar-refractivity contribution >= 4 is 92.3 Å². The van der Waals surface area contributed by atoms with Crippen LogP contribution in [0.5, 0.6) is 0 Å². The lowest BCUT2D eigenvalue weighted by molar-refractivity contribution is 0.666. The zero-order valence-electron chi connectivity index (χ0n) is 26.9. The summed E-state index contributed by atoms with van der Waals surface area (Å²) in [5.74, 6) is 0. The first-order valence-corrected chi connectivity index (χ1v) is 17.5. The highest BCUT2D eigenvalue weighted by Crippen LogP contribution is 2.44. The largest absolute Gasteiger partial charge is 0.454 e. The molecule has 0 spiro atoms. The monoisotopic (exact) mass is 659 g/mol. The summed E-state index contributed by atoms with van der Waals surface area (Å²) in [4.78, 5) is 5.12. The Hall–Kier alpha value is -6.43. The number of benzene rings is 7. The second-order valence-corrected chi connectivity index (χ2v) is 13.6. The van der Waals surface area contributed by atoms with E-state index in [0.717, 1.165) is 55.7 Å². The first kappa shape index (κ1) is 28.6. The molecule has 10 rings (SSSR count). The molecular formula is C45H29N3OS. The van der Waals surface area contributed by atoms with E-state index in [2.05, 4.69) is 108 Å². The van der Waals surface area contributed by atoms with E-state index in [1.165, 1.54) is 36.5 Å². The Balaban J connectivity index is 1.19. The van der Waals surface area contributed by atoms with E-state index in [1.54, 1.807) is 0 Å². The van der Waals surface area contributed by atoms with Crippen molar-refractivity contribution in [3.63, 3.8) is 0 Å². The summed E-state index contributed by atoms with van der Waals surface area (Å²) in [6.07, 6.45) is 1.95. The van der Waals surface area contributed by atoms with Crippen molar-refractivity contribution in [2.24, 2.45) is 10.7 Å². The van der Waals surface area contributed by atoms with Gasteiger partial charge < -0.3 is 14.7 Å². The van der Waals surface area contributed by atoms with Crippen LogP contribution in [0.1, 0.15) is 11.1 Å². The Morgan fingerprint density at radius 3 is 2.12 bits per heavy atom. The molecule has 4 nitrogen and oxygen atoms in total. The summed E-state index contributed by atoms with van der Waals surface area (Å²) in [6, 6.07) is 54.7. The summed E-state index contributed by atoms with van der Waals surface area (Å²) >= 11 is 1.85. The maximum absolute atomic E-state index is 6.83. The maximum Gasteiger partial charge on any atom is 0.159 e. The van der Waals surface area contributed by atoms with E-state index in [-0.39, 0.29) is 0 Å². The molecule has 0 unspecified atom stereocenters. The van der Waals surface area contributed by atoms with Gasteiger partial charge in [-0.3, -0.25) is 0 Å². The van der Waals surface area contributed by atoms with Gasteiger partial charge in [0.2, 0.25) is 0 Å². The molecule has 0 fully saturated rings. The van der Waals surface area contributed by atoms with Crippen molar-refractivity contribution in [1.29, 1.82) is 0 Å². The summed E-state index contributed by atoms with van der Waals surface area (Å²) in [5.41, 5.74) is 15.8. The third-order valence-electron chi connectivity index (χ3n) is 9.60. The second kappa shape index (κ2) is 11.3. The SMILES string of the molecule is N/C(=C\C(=Nc1ccc2c(c1)oc1c(-n3c4ccccc4c4ccc5c6ccccc6sc5c43)cccc12)c1ccccc1)c1ccccc1. The van der Waals surface area contributed by atoms with Crippen LogP contribution in [-0.2, 0) is 0 Å². The second-order valence-electron chi connectivity index (χ2n) is 12.6. The van der Waals surface area contributed by atoms with Gasteiger partial charge >= 0.3 is 0 Å². The van der Waals surface area contributed by atoms with Crippen LogP contribution in [0.2, 0.25) is 0 Å². The first-order valence-electron chi connectivity index (χ1n) is 16.7. The molecule has 0 atom stereocenters. The molecule has 50 heavy (non-hydrogen) atoms. The van der Waals surface area contributed by atoms with Gasteiger partial charge in [0.05, 0.1) is 32.8 Å².